The molecule has 1 fully saturated rings. The summed E-state index contributed by atoms with van der Waals surface area (Å²) < 4.78 is 7.46. The molecular weight excluding hydrogens is 450 g/mol. The van der Waals surface area contributed by atoms with E-state index in [-0.39, 0.29) is 11.8 Å². The SMILES string of the molecule is COC(=O)/C=C/c1cccc(N(Sc2ccc(Br)cc2)C(=O)C2CCCCC2)c1. The molecule has 0 aromatic heterocycles. The normalized spacial score (nSPS) is 14.7. The molecule has 0 atom stereocenters. The van der Waals surface area contributed by atoms with Crippen LogP contribution >= 0.6 is 27.9 Å². The average Bonchev–Trinajstić information content (AvgIpc) is 2.77. The van der Waals surface area contributed by atoms with Crippen LogP contribution in [0.2, 0.25) is 0 Å². The Morgan fingerprint density at radius 2 is 1.83 bits per heavy atom. The molecule has 0 bridgehead atoms. The minimum atomic E-state index is -0.408. The number of carbonyl (C=O) groups is 2. The standard InChI is InChI=1S/C23H24BrNO3S/c1-28-22(26)15-10-17-6-5-9-20(16-17)25(23(27)18-7-3-2-4-8-18)29-21-13-11-19(24)12-14-21/h5-6,9-16,18H,2-4,7-8H2,1H3/b15-10+. The molecule has 152 valence electrons. The van der Waals surface area contributed by atoms with E-state index in [4.69, 9.17) is 0 Å². The molecule has 0 unspecified atom stereocenters. The second-order valence-corrected chi connectivity index (χ2v) is 8.90. The molecule has 3 rings (SSSR count). The van der Waals surface area contributed by atoms with Crippen LogP contribution < -0.4 is 4.31 Å². The Bertz CT molecular complexity index is 876. The molecule has 0 aliphatic heterocycles. The zero-order chi connectivity index (χ0) is 20.6. The van der Waals surface area contributed by atoms with Crippen molar-refractivity contribution in [2.24, 2.45) is 5.92 Å². The number of anilines is 1. The fraction of sp³-hybridized carbons (Fsp3) is 0.304. The van der Waals surface area contributed by atoms with Crippen molar-refractivity contribution in [1.82, 2.24) is 0 Å². The van der Waals surface area contributed by atoms with Gasteiger partial charge in [-0.05, 0) is 72.8 Å². The van der Waals surface area contributed by atoms with Gasteiger partial charge in [0, 0.05) is 21.4 Å². The van der Waals surface area contributed by atoms with E-state index in [1.807, 2.05) is 48.5 Å². The second kappa shape index (κ2) is 10.6. The Morgan fingerprint density at radius 3 is 2.52 bits per heavy atom. The van der Waals surface area contributed by atoms with E-state index in [2.05, 4.69) is 20.7 Å². The van der Waals surface area contributed by atoms with Crippen LogP contribution in [0.25, 0.3) is 6.08 Å². The first-order chi connectivity index (χ1) is 14.1. The van der Waals surface area contributed by atoms with Crippen molar-refractivity contribution in [2.45, 2.75) is 37.0 Å². The molecule has 0 spiro atoms. The molecule has 1 saturated carbocycles. The van der Waals surface area contributed by atoms with Crippen molar-refractivity contribution in [2.75, 3.05) is 11.4 Å². The van der Waals surface area contributed by atoms with E-state index in [0.717, 1.165) is 46.3 Å². The summed E-state index contributed by atoms with van der Waals surface area (Å²) in [5.74, 6) is -0.206. The molecule has 1 aliphatic carbocycles. The molecule has 1 aliphatic rings. The summed E-state index contributed by atoms with van der Waals surface area (Å²) >= 11 is 4.89. The lowest BCUT2D eigenvalue weighted by Crippen LogP contribution is -2.32. The lowest BCUT2D eigenvalue weighted by molar-refractivity contribution is -0.134. The molecule has 2 aromatic rings. The van der Waals surface area contributed by atoms with Gasteiger partial charge in [0.25, 0.3) is 0 Å². The predicted molar refractivity (Wildman–Crippen MR) is 122 cm³/mol. The summed E-state index contributed by atoms with van der Waals surface area (Å²) in [6.45, 7) is 0. The van der Waals surface area contributed by atoms with Crippen molar-refractivity contribution in [3.63, 3.8) is 0 Å². The van der Waals surface area contributed by atoms with Crippen LogP contribution in [-0.4, -0.2) is 19.0 Å². The fourth-order valence-electron chi connectivity index (χ4n) is 3.33. The van der Waals surface area contributed by atoms with Crippen molar-refractivity contribution in [3.8, 4) is 0 Å². The van der Waals surface area contributed by atoms with Gasteiger partial charge in [-0.2, -0.15) is 0 Å². The highest BCUT2D eigenvalue weighted by Gasteiger charge is 2.28. The lowest BCUT2D eigenvalue weighted by Gasteiger charge is -2.28. The molecule has 4 nitrogen and oxygen atoms in total. The third-order valence-electron chi connectivity index (χ3n) is 4.88. The van der Waals surface area contributed by atoms with Crippen LogP contribution in [0.1, 0.15) is 37.7 Å². The van der Waals surface area contributed by atoms with Crippen LogP contribution in [0.3, 0.4) is 0 Å². The molecule has 1 amide bonds. The Kier molecular flexibility index (Phi) is 7.95. The van der Waals surface area contributed by atoms with Crippen molar-refractivity contribution in [1.29, 1.82) is 0 Å². The van der Waals surface area contributed by atoms with E-state index in [1.54, 1.807) is 10.4 Å². The third-order valence-corrected chi connectivity index (χ3v) is 6.47. The summed E-state index contributed by atoms with van der Waals surface area (Å²) in [5.41, 5.74) is 1.64. The molecule has 0 saturated heterocycles. The highest BCUT2D eigenvalue weighted by atomic mass is 79.9. The average molecular weight is 474 g/mol. The summed E-state index contributed by atoms with van der Waals surface area (Å²) in [6.07, 6.45) is 8.38. The van der Waals surface area contributed by atoms with Gasteiger partial charge in [-0.3, -0.25) is 4.79 Å². The number of carbonyl (C=O) groups excluding carboxylic acids is 2. The molecule has 0 N–H and O–H groups in total. The monoisotopic (exact) mass is 473 g/mol. The van der Waals surface area contributed by atoms with Gasteiger partial charge in [0.1, 0.15) is 0 Å². The van der Waals surface area contributed by atoms with Gasteiger partial charge in [0.15, 0.2) is 0 Å². The van der Waals surface area contributed by atoms with Crippen LogP contribution in [-0.2, 0) is 14.3 Å². The van der Waals surface area contributed by atoms with Crippen LogP contribution in [0.4, 0.5) is 5.69 Å². The topological polar surface area (TPSA) is 46.6 Å². The van der Waals surface area contributed by atoms with Crippen molar-refractivity contribution in [3.05, 3.63) is 64.6 Å². The number of amides is 1. The lowest BCUT2D eigenvalue weighted by atomic mass is 9.88. The van der Waals surface area contributed by atoms with E-state index in [0.29, 0.717) is 0 Å². The summed E-state index contributed by atoms with van der Waals surface area (Å²) in [7, 11) is 1.35. The van der Waals surface area contributed by atoms with Gasteiger partial charge in [-0.1, -0.05) is 47.3 Å². The largest absolute Gasteiger partial charge is 0.466 e. The molecule has 2 aromatic carbocycles. The van der Waals surface area contributed by atoms with Gasteiger partial charge in [0.05, 0.1) is 12.8 Å². The summed E-state index contributed by atoms with van der Waals surface area (Å²) in [6, 6.07) is 15.6. The summed E-state index contributed by atoms with van der Waals surface area (Å²) in [4.78, 5) is 25.8. The Balaban J connectivity index is 1.89. The Hall–Kier alpha value is -2.05. The van der Waals surface area contributed by atoms with Gasteiger partial charge in [-0.15, -0.1) is 0 Å². The first kappa shape index (κ1) is 21.7. The van der Waals surface area contributed by atoms with Crippen molar-refractivity contribution < 1.29 is 14.3 Å². The van der Waals surface area contributed by atoms with E-state index < -0.39 is 5.97 Å². The number of nitrogens with zero attached hydrogens (tertiary/aromatic N) is 1. The number of halogens is 1. The second-order valence-electron chi connectivity index (χ2n) is 6.96. The van der Waals surface area contributed by atoms with Gasteiger partial charge in [-0.25, -0.2) is 9.10 Å². The molecule has 0 radical (unpaired) electrons. The molecule has 29 heavy (non-hydrogen) atoms. The Labute approximate surface area is 184 Å². The molecule has 0 heterocycles. The number of esters is 1. The minimum Gasteiger partial charge on any atom is -0.466 e. The Morgan fingerprint density at radius 1 is 1.10 bits per heavy atom. The zero-order valence-corrected chi connectivity index (χ0v) is 18.7. The fourth-order valence-corrected chi connectivity index (χ4v) is 4.52. The van der Waals surface area contributed by atoms with E-state index in [1.165, 1.54) is 31.6 Å². The molecule has 6 heteroatoms. The number of rotatable bonds is 6. The first-order valence-electron chi connectivity index (χ1n) is 9.70. The van der Waals surface area contributed by atoms with Gasteiger partial charge >= 0.3 is 5.97 Å². The van der Waals surface area contributed by atoms with E-state index in [9.17, 15) is 9.59 Å². The first-order valence-corrected chi connectivity index (χ1v) is 11.3. The highest BCUT2D eigenvalue weighted by molar-refractivity contribution is 9.10. The predicted octanol–water partition coefficient (Wildman–Crippen LogP) is 6.26. The third kappa shape index (κ3) is 6.21. The quantitative estimate of drug-likeness (QED) is 0.282. The number of hydrogen-bond donors (Lipinski definition) is 0. The van der Waals surface area contributed by atoms with Gasteiger partial charge in [0.2, 0.25) is 5.91 Å². The maximum atomic E-state index is 13.4. The maximum Gasteiger partial charge on any atom is 0.330 e. The number of hydrogen-bond acceptors (Lipinski definition) is 4. The minimum absolute atomic E-state index is 0.0564. The maximum absolute atomic E-state index is 13.4. The van der Waals surface area contributed by atoms with Crippen LogP contribution in [0, 0.1) is 5.92 Å². The van der Waals surface area contributed by atoms with E-state index >= 15 is 0 Å². The number of methoxy groups -OCH3 is 1. The zero-order valence-electron chi connectivity index (χ0n) is 16.3. The molecular formula is C23H24BrNO3S. The van der Waals surface area contributed by atoms with Gasteiger partial charge < -0.3 is 4.74 Å². The highest BCUT2D eigenvalue weighted by Crippen LogP contribution is 2.35. The smallest absolute Gasteiger partial charge is 0.330 e. The van der Waals surface area contributed by atoms with Crippen LogP contribution in [0.15, 0.2) is 64.0 Å². The number of ether oxygens (including phenoxy) is 1. The summed E-state index contributed by atoms with van der Waals surface area (Å²) in [5, 5.41) is 0. The van der Waals surface area contributed by atoms with Crippen molar-refractivity contribution >= 4 is 51.5 Å². The van der Waals surface area contributed by atoms with Crippen LogP contribution in [0.5, 0.6) is 0 Å². The number of benzene rings is 2.